The van der Waals surface area contributed by atoms with Gasteiger partial charge in [0.15, 0.2) is 0 Å². The summed E-state index contributed by atoms with van der Waals surface area (Å²) < 4.78 is 10.5. The van der Waals surface area contributed by atoms with E-state index in [1.54, 1.807) is 12.0 Å². The Kier molecular flexibility index (Phi) is 4.56. The summed E-state index contributed by atoms with van der Waals surface area (Å²) >= 11 is 0. The van der Waals surface area contributed by atoms with Crippen LogP contribution in [0.1, 0.15) is 20.8 Å². The van der Waals surface area contributed by atoms with Crippen LogP contribution in [0.2, 0.25) is 0 Å². The second-order valence-corrected chi connectivity index (χ2v) is 4.99. The third-order valence-corrected chi connectivity index (χ3v) is 2.34. The van der Waals surface area contributed by atoms with Crippen molar-refractivity contribution in [2.24, 2.45) is 0 Å². The molecule has 1 amide bonds. The molecule has 0 bridgehead atoms. The van der Waals surface area contributed by atoms with Gasteiger partial charge in [-0.05, 0) is 20.8 Å². The fourth-order valence-electron chi connectivity index (χ4n) is 1.66. The Morgan fingerprint density at radius 2 is 2.19 bits per heavy atom. The van der Waals surface area contributed by atoms with Gasteiger partial charge in [0.25, 0.3) is 0 Å². The number of hydrogen-bond donors (Lipinski definition) is 1. The Hall–Kier alpha value is -0.810. The molecule has 5 heteroatoms. The van der Waals surface area contributed by atoms with Gasteiger partial charge in [0, 0.05) is 26.7 Å². The molecule has 1 rings (SSSR count). The topological polar surface area (TPSA) is 50.8 Å². The molecular formula is C11H22N2O3. The van der Waals surface area contributed by atoms with Crippen LogP contribution < -0.4 is 5.32 Å². The number of amides is 1. The van der Waals surface area contributed by atoms with Crippen LogP contribution in [0.25, 0.3) is 0 Å². The number of ether oxygens (including phenoxy) is 2. The Morgan fingerprint density at radius 1 is 1.50 bits per heavy atom. The van der Waals surface area contributed by atoms with E-state index >= 15 is 0 Å². The van der Waals surface area contributed by atoms with Crippen molar-refractivity contribution < 1.29 is 14.3 Å². The van der Waals surface area contributed by atoms with Crippen LogP contribution in [-0.2, 0) is 9.47 Å². The Balaban J connectivity index is 2.57. The lowest BCUT2D eigenvalue weighted by atomic mass is 10.2. The molecule has 0 unspecified atom stereocenters. The van der Waals surface area contributed by atoms with Gasteiger partial charge in [-0.15, -0.1) is 0 Å². The predicted octanol–water partition coefficient (Wildman–Crippen LogP) is 0.842. The zero-order valence-corrected chi connectivity index (χ0v) is 10.6. The fraction of sp³-hybridized carbons (Fsp3) is 0.909. The highest BCUT2D eigenvalue weighted by molar-refractivity contribution is 5.68. The van der Waals surface area contributed by atoms with E-state index in [1.165, 1.54) is 0 Å². The molecule has 1 aliphatic heterocycles. The van der Waals surface area contributed by atoms with Gasteiger partial charge >= 0.3 is 6.09 Å². The molecule has 1 N–H and O–H groups in total. The van der Waals surface area contributed by atoms with Crippen molar-refractivity contribution in [2.45, 2.75) is 32.4 Å². The highest BCUT2D eigenvalue weighted by atomic mass is 16.6. The molecule has 0 aromatic heterocycles. The molecule has 16 heavy (non-hydrogen) atoms. The molecule has 0 saturated carbocycles. The average Bonchev–Trinajstić information content (AvgIpc) is 2.16. The quantitative estimate of drug-likeness (QED) is 0.764. The van der Waals surface area contributed by atoms with E-state index in [0.717, 1.165) is 13.1 Å². The van der Waals surface area contributed by atoms with Crippen molar-refractivity contribution in [1.29, 1.82) is 0 Å². The molecule has 94 valence electrons. The van der Waals surface area contributed by atoms with Crippen molar-refractivity contribution >= 4 is 6.09 Å². The summed E-state index contributed by atoms with van der Waals surface area (Å²) in [5, 5.41) is 3.24. The number of methoxy groups -OCH3 is 1. The normalized spacial score (nSPS) is 22.0. The highest BCUT2D eigenvalue weighted by Crippen LogP contribution is 2.13. The number of nitrogens with zero attached hydrogens (tertiary/aromatic N) is 1. The minimum Gasteiger partial charge on any atom is -0.444 e. The third kappa shape index (κ3) is 3.98. The average molecular weight is 230 g/mol. The number of nitrogens with one attached hydrogen (secondary N) is 1. The maximum Gasteiger partial charge on any atom is 0.410 e. The summed E-state index contributed by atoms with van der Waals surface area (Å²) in [4.78, 5) is 13.7. The van der Waals surface area contributed by atoms with Crippen molar-refractivity contribution in [1.82, 2.24) is 10.2 Å². The lowest BCUT2D eigenvalue weighted by Gasteiger charge is -2.36. The lowest BCUT2D eigenvalue weighted by molar-refractivity contribution is 0.000854. The first-order valence-corrected chi connectivity index (χ1v) is 5.63. The van der Waals surface area contributed by atoms with Crippen LogP contribution in [0.5, 0.6) is 0 Å². The summed E-state index contributed by atoms with van der Waals surface area (Å²) in [6, 6.07) is 0.0635. The molecule has 0 aliphatic carbocycles. The van der Waals surface area contributed by atoms with Gasteiger partial charge in [-0.3, -0.25) is 0 Å². The van der Waals surface area contributed by atoms with Crippen LogP contribution in [0.15, 0.2) is 0 Å². The van der Waals surface area contributed by atoms with Crippen molar-refractivity contribution in [3.8, 4) is 0 Å². The Bertz CT molecular complexity index is 236. The van der Waals surface area contributed by atoms with Crippen LogP contribution >= 0.6 is 0 Å². The van der Waals surface area contributed by atoms with Crippen LogP contribution in [0, 0.1) is 0 Å². The van der Waals surface area contributed by atoms with Crippen molar-refractivity contribution in [3.05, 3.63) is 0 Å². The Labute approximate surface area is 97.1 Å². The zero-order chi connectivity index (χ0) is 12.2. The van der Waals surface area contributed by atoms with Crippen LogP contribution in [0.3, 0.4) is 0 Å². The molecule has 1 fully saturated rings. The molecule has 0 aromatic carbocycles. The number of carbonyl (C=O) groups excluding carboxylic acids is 1. The fourth-order valence-corrected chi connectivity index (χ4v) is 1.66. The van der Waals surface area contributed by atoms with Gasteiger partial charge in [-0.2, -0.15) is 0 Å². The Morgan fingerprint density at radius 3 is 2.75 bits per heavy atom. The monoisotopic (exact) mass is 230 g/mol. The molecule has 1 atom stereocenters. The third-order valence-electron chi connectivity index (χ3n) is 2.34. The first-order valence-electron chi connectivity index (χ1n) is 5.63. The van der Waals surface area contributed by atoms with E-state index in [-0.39, 0.29) is 12.1 Å². The summed E-state index contributed by atoms with van der Waals surface area (Å²) in [6.45, 7) is 8.39. The van der Waals surface area contributed by atoms with Crippen LogP contribution in [-0.4, -0.2) is 56.0 Å². The molecule has 0 radical (unpaired) electrons. The number of carbonyl (C=O) groups is 1. The van der Waals surface area contributed by atoms with Gasteiger partial charge in [0.05, 0.1) is 12.6 Å². The van der Waals surface area contributed by atoms with E-state index in [2.05, 4.69) is 5.32 Å². The molecule has 1 heterocycles. The summed E-state index contributed by atoms with van der Waals surface area (Å²) in [5.41, 5.74) is -0.445. The summed E-state index contributed by atoms with van der Waals surface area (Å²) in [7, 11) is 1.64. The molecular weight excluding hydrogens is 208 g/mol. The van der Waals surface area contributed by atoms with Gasteiger partial charge in [0.2, 0.25) is 0 Å². The van der Waals surface area contributed by atoms with E-state index in [0.29, 0.717) is 13.2 Å². The van der Waals surface area contributed by atoms with Crippen molar-refractivity contribution in [3.63, 3.8) is 0 Å². The second-order valence-electron chi connectivity index (χ2n) is 4.99. The van der Waals surface area contributed by atoms with E-state index in [9.17, 15) is 4.79 Å². The molecule has 1 saturated heterocycles. The SMILES string of the molecule is COC[C@@H]1CNCCN1C(=O)OC(C)(C)C. The van der Waals surface area contributed by atoms with Gasteiger partial charge in [-0.25, -0.2) is 4.79 Å². The molecule has 5 nitrogen and oxygen atoms in total. The maximum atomic E-state index is 11.9. The predicted molar refractivity (Wildman–Crippen MR) is 61.5 cm³/mol. The number of rotatable bonds is 2. The molecule has 0 aromatic rings. The van der Waals surface area contributed by atoms with E-state index in [4.69, 9.17) is 9.47 Å². The smallest absolute Gasteiger partial charge is 0.410 e. The second kappa shape index (κ2) is 5.50. The largest absolute Gasteiger partial charge is 0.444 e. The van der Waals surface area contributed by atoms with Gasteiger partial charge < -0.3 is 19.7 Å². The zero-order valence-electron chi connectivity index (χ0n) is 10.6. The minimum atomic E-state index is -0.445. The van der Waals surface area contributed by atoms with Gasteiger partial charge in [0.1, 0.15) is 5.60 Å². The highest BCUT2D eigenvalue weighted by Gasteiger charge is 2.30. The van der Waals surface area contributed by atoms with Gasteiger partial charge in [-0.1, -0.05) is 0 Å². The summed E-state index contributed by atoms with van der Waals surface area (Å²) in [5.74, 6) is 0. The molecule has 0 spiro atoms. The molecule has 1 aliphatic rings. The van der Waals surface area contributed by atoms with E-state index < -0.39 is 5.60 Å². The van der Waals surface area contributed by atoms with Crippen LogP contribution in [0.4, 0.5) is 4.79 Å². The maximum absolute atomic E-state index is 11.9. The first-order chi connectivity index (χ1) is 7.44. The van der Waals surface area contributed by atoms with Crippen molar-refractivity contribution in [2.75, 3.05) is 33.4 Å². The number of hydrogen-bond acceptors (Lipinski definition) is 4. The van der Waals surface area contributed by atoms with E-state index in [1.807, 2.05) is 20.8 Å². The first kappa shape index (κ1) is 13.3. The standard InChI is InChI=1S/C11H22N2O3/c1-11(2,3)16-10(14)13-6-5-12-7-9(13)8-15-4/h9,12H,5-8H2,1-4H3/t9-/m0/s1. The lowest BCUT2D eigenvalue weighted by Crippen LogP contribution is -2.56. The number of piperazine rings is 1. The summed E-state index contributed by atoms with van der Waals surface area (Å²) in [6.07, 6.45) is -0.254. The minimum absolute atomic E-state index is 0.0635.